The number of benzene rings is 1. The lowest BCUT2D eigenvalue weighted by Gasteiger charge is -2.23. The van der Waals surface area contributed by atoms with Gasteiger partial charge >= 0.3 is 0 Å². The van der Waals surface area contributed by atoms with Crippen molar-refractivity contribution in [3.05, 3.63) is 34.6 Å². The van der Waals surface area contributed by atoms with Gasteiger partial charge in [-0.25, -0.2) is 4.39 Å². The number of ether oxygens (including phenoxy) is 1. The fourth-order valence-corrected chi connectivity index (χ4v) is 1.61. The van der Waals surface area contributed by atoms with E-state index in [0.717, 1.165) is 18.7 Å². The minimum atomic E-state index is -0.390. The Kier molecular flexibility index (Phi) is 3.01. The van der Waals surface area contributed by atoms with E-state index in [1.165, 1.54) is 6.07 Å². The van der Waals surface area contributed by atoms with E-state index >= 15 is 0 Å². The standard InChI is InChI=1S/C10H11ClFNO/c11-8-2-1-7(5-9(8)12)10-6-13-3-4-14-10/h1-2,5,10,13H,3-4,6H2/t10-/m0/s1. The van der Waals surface area contributed by atoms with Crippen LogP contribution in [0.25, 0.3) is 0 Å². The molecule has 0 unspecified atom stereocenters. The predicted molar refractivity (Wildman–Crippen MR) is 53.0 cm³/mol. The molecule has 4 heteroatoms. The van der Waals surface area contributed by atoms with E-state index in [4.69, 9.17) is 16.3 Å². The molecule has 1 heterocycles. The van der Waals surface area contributed by atoms with Crippen LogP contribution in [0.3, 0.4) is 0 Å². The molecule has 0 bridgehead atoms. The van der Waals surface area contributed by atoms with Gasteiger partial charge in [-0.3, -0.25) is 0 Å². The van der Waals surface area contributed by atoms with Crippen LogP contribution in [0, 0.1) is 5.82 Å². The van der Waals surface area contributed by atoms with Crippen molar-refractivity contribution in [2.75, 3.05) is 19.7 Å². The molecule has 0 aromatic heterocycles. The first-order chi connectivity index (χ1) is 6.77. The fraction of sp³-hybridized carbons (Fsp3) is 0.400. The van der Waals surface area contributed by atoms with E-state index in [-0.39, 0.29) is 11.1 Å². The van der Waals surface area contributed by atoms with Crippen molar-refractivity contribution >= 4 is 11.6 Å². The first-order valence-corrected chi connectivity index (χ1v) is 4.92. The van der Waals surface area contributed by atoms with Crippen LogP contribution in [0.1, 0.15) is 11.7 Å². The molecule has 1 aliphatic rings. The summed E-state index contributed by atoms with van der Waals surface area (Å²) in [6.45, 7) is 2.24. The molecule has 0 amide bonds. The van der Waals surface area contributed by atoms with E-state index in [2.05, 4.69) is 5.32 Å². The van der Waals surface area contributed by atoms with Gasteiger partial charge < -0.3 is 10.1 Å². The Balaban J connectivity index is 2.18. The molecular formula is C10H11ClFNO. The molecule has 2 rings (SSSR count). The molecule has 2 nitrogen and oxygen atoms in total. The van der Waals surface area contributed by atoms with Crippen molar-refractivity contribution in [2.45, 2.75) is 6.10 Å². The number of rotatable bonds is 1. The topological polar surface area (TPSA) is 21.3 Å². The minimum absolute atomic E-state index is 0.0597. The molecule has 0 radical (unpaired) electrons. The highest BCUT2D eigenvalue weighted by Crippen LogP contribution is 2.23. The van der Waals surface area contributed by atoms with Crippen LogP contribution in [-0.2, 0) is 4.74 Å². The Bertz CT molecular complexity index is 326. The largest absolute Gasteiger partial charge is 0.371 e. The monoisotopic (exact) mass is 215 g/mol. The van der Waals surface area contributed by atoms with Crippen LogP contribution < -0.4 is 5.32 Å². The average molecular weight is 216 g/mol. The van der Waals surface area contributed by atoms with E-state index in [1.54, 1.807) is 12.1 Å². The van der Waals surface area contributed by atoms with Gasteiger partial charge in [0.15, 0.2) is 0 Å². The first kappa shape index (κ1) is 9.90. The van der Waals surface area contributed by atoms with Gasteiger partial charge in [-0.1, -0.05) is 17.7 Å². The Morgan fingerprint density at radius 1 is 1.50 bits per heavy atom. The molecule has 0 spiro atoms. The second-order valence-electron chi connectivity index (χ2n) is 3.24. The maximum Gasteiger partial charge on any atom is 0.142 e. The molecule has 0 saturated carbocycles. The zero-order chi connectivity index (χ0) is 9.97. The number of morpholine rings is 1. The molecule has 1 aromatic carbocycles. The quantitative estimate of drug-likeness (QED) is 0.775. The highest BCUT2D eigenvalue weighted by molar-refractivity contribution is 6.30. The maximum atomic E-state index is 13.1. The second kappa shape index (κ2) is 4.26. The molecule has 1 aromatic rings. The molecule has 1 saturated heterocycles. The third-order valence-electron chi connectivity index (χ3n) is 2.24. The van der Waals surface area contributed by atoms with Crippen LogP contribution >= 0.6 is 11.6 Å². The number of halogens is 2. The van der Waals surface area contributed by atoms with Crippen molar-refractivity contribution in [3.63, 3.8) is 0 Å². The van der Waals surface area contributed by atoms with E-state index in [0.29, 0.717) is 6.61 Å². The third kappa shape index (κ3) is 2.05. The van der Waals surface area contributed by atoms with Crippen LogP contribution in [0.2, 0.25) is 5.02 Å². The van der Waals surface area contributed by atoms with Crippen LogP contribution in [-0.4, -0.2) is 19.7 Å². The van der Waals surface area contributed by atoms with Gasteiger partial charge in [0.05, 0.1) is 17.7 Å². The van der Waals surface area contributed by atoms with Gasteiger partial charge in [0.1, 0.15) is 5.82 Å². The van der Waals surface area contributed by atoms with Gasteiger partial charge in [-0.15, -0.1) is 0 Å². The minimum Gasteiger partial charge on any atom is -0.371 e. The summed E-state index contributed by atoms with van der Waals surface area (Å²) in [5.41, 5.74) is 0.833. The lowest BCUT2D eigenvalue weighted by molar-refractivity contribution is 0.0275. The second-order valence-corrected chi connectivity index (χ2v) is 3.64. The average Bonchev–Trinajstić information content (AvgIpc) is 2.23. The summed E-state index contributed by atoms with van der Waals surface area (Å²) in [6.07, 6.45) is -0.0597. The summed E-state index contributed by atoms with van der Waals surface area (Å²) < 4.78 is 18.6. The van der Waals surface area contributed by atoms with Crippen LogP contribution in [0.4, 0.5) is 4.39 Å². The predicted octanol–water partition coefficient (Wildman–Crippen LogP) is 2.14. The maximum absolute atomic E-state index is 13.1. The molecule has 1 fully saturated rings. The smallest absolute Gasteiger partial charge is 0.142 e. The number of hydrogen-bond donors (Lipinski definition) is 1. The van der Waals surface area contributed by atoms with Crippen LogP contribution in [0.5, 0.6) is 0 Å². The molecule has 14 heavy (non-hydrogen) atoms. The zero-order valence-corrected chi connectivity index (χ0v) is 8.35. The number of hydrogen-bond acceptors (Lipinski definition) is 2. The SMILES string of the molecule is Fc1cc([C@@H]2CNCCO2)ccc1Cl. The highest BCUT2D eigenvalue weighted by atomic mass is 35.5. The first-order valence-electron chi connectivity index (χ1n) is 4.54. The van der Waals surface area contributed by atoms with Crippen molar-refractivity contribution in [1.29, 1.82) is 0 Å². The summed E-state index contributed by atoms with van der Waals surface area (Å²) in [5, 5.41) is 3.34. The van der Waals surface area contributed by atoms with E-state index in [9.17, 15) is 4.39 Å². The van der Waals surface area contributed by atoms with Crippen LogP contribution in [0.15, 0.2) is 18.2 Å². The van der Waals surface area contributed by atoms with Crippen molar-refractivity contribution in [3.8, 4) is 0 Å². The molecule has 0 aliphatic carbocycles. The molecule has 1 N–H and O–H groups in total. The van der Waals surface area contributed by atoms with Crippen molar-refractivity contribution in [2.24, 2.45) is 0 Å². The van der Waals surface area contributed by atoms with Gasteiger partial charge in [-0.2, -0.15) is 0 Å². The molecule has 76 valence electrons. The summed E-state index contributed by atoms with van der Waals surface area (Å²) in [6, 6.07) is 4.78. The summed E-state index contributed by atoms with van der Waals surface area (Å²) in [5.74, 6) is -0.390. The Morgan fingerprint density at radius 2 is 2.36 bits per heavy atom. The van der Waals surface area contributed by atoms with Crippen molar-refractivity contribution in [1.82, 2.24) is 5.32 Å². The lowest BCUT2D eigenvalue weighted by atomic mass is 10.1. The third-order valence-corrected chi connectivity index (χ3v) is 2.55. The van der Waals surface area contributed by atoms with Crippen molar-refractivity contribution < 1.29 is 9.13 Å². The van der Waals surface area contributed by atoms with Gasteiger partial charge in [0.2, 0.25) is 0 Å². The Morgan fingerprint density at radius 3 is 3.00 bits per heavy atom. The normalized spacial score (nSPS) is 22.3. The van der Waals surface area contributed by atoms with E-state index < -0.39 is 5.82 Å². The Hall–Kier alpha value is -0.640. The summed E-state index contributed by atoms with van der Waals surface area (Å²) in [7, 11) is 0. The number of nitrogens with one attached hydrogen (secondary N) is 1. The summed E-state index contributed by atoms with van der Waals surface area (Å²) in [4.78, 5) is 0. The highest BCUT2D eigenvalue weighted by Gasteiger charge is 2.16. The van der Waals surface area contributed by atoms with E-state index in [1.807, 2.05) is 0 Å². The van der Waals surface area contributed by atoms with Gasteiger partial charge in [-0.05, 0) is 17.7 Å². The fourth-order valence-electron chi connectivity index (χ4n) is 1.49. The lowest BCUT2D eigenvalue weighted by Crippen LogP contribution is -2.33. The zero-order valence-electron chi connectivity index (χ0n) is 7.59. The Labute approximate surface area is 87.0 Å². The molecule has 1 aliphatic heterocycles. The van der Waals surface area contributed by atoms with Gasteiger partial charge in [0.25, 0.3) is 0 Å². The molecular weight excluding hydrogens is 205 g/mol. The van der Waals surface area contributed by atoms with Gasteiger partial charge in [0, 0.05) is 13.1 Å². The summed E-state index contributed by atoms with van der Waals surface area (Å²) >= 11 is 5.59. The molecule has 1 atom stereocenters.